The van der Waals surface area contributed by atoms with Crippen LogP contribution in [-0.4, -0.2) is 23.0 Å². The van der Waals surface area contributed by atoms with E-state index in [1.807, 2.05) is 84.6 Å². The Morgan fingerprint density at radius 1 is 0.844 bits per heavy atom. The standard InChI is InChI=1S/C36H29N3O4S2/c1-2-31(36(42)39-29-17-6-8-19-32(29)45-33-20-9-7-18-30(33)39)44-27-16-10-14-25(22-27)37-35(41)28(23-26-15-11-21-43-26)38-34(40)24-12-4-3-5-13-24/h3-23,31H,2H2,1H3,(H,37,41)(H,38,40)/b28-23+. The number of thioether (sulfide) groups is 1. The zero-order valence-corrected chi connectivity index (χ0v) is 25.9. The van der Waals surface area contributed by atoms with Crippen LogP contribution in [0.2, 0.25) is 0 Å². The number of benzene rings is 4. The summed E-state index contributed by atoms with van der Waals surface area (Å²) in [6.07, 6.45) is 3.58. The molecule has 0 fully saturated rings. The molecule has 2 heterocycles. The van der Waals surface area contributed by atoms with Crippen molar-refractivity contribution in [2.75, 3.05) is 10.2 Å². The van der Waals surface area contributed by atoms with E-state index in [9.17, 15) is 14.4 Å². The molecule has 1 unspecified atom stereocenters. The number of anilines is 3. The van der Waals surface area contributed by atoms with Crippen molar-refractivity contribution in [3.63, 3.8) is 0 Å². The van der Waals surface area contributed by atoms with Gasteiger partial charge in [-0.15, -0.1) is 11.8 Å². The maximum Gasteiger partial charge on any atom is 0.272 e. The van der Waals surface area contributed by atoms with Crippen LogP contribution >= 0.6 is 23.5 Å². The maximum atomic E-state index is 14.2. The molecule has 6 rings (SSSR count). The Bertz CT molecular complexity index is 1830. The van der Waals surface area contributed by atoms with E-state index in [0.29, 0.717) is 23.4 Å². The second-order valence-electron chi connectivity index (χ2n) is 10.1. The lowest BCUT2D eigenvalue weighted by atomic mass is 10.2. The highest BCUT2D eigenvalue weighted by Gasteiger charge is 2.32. The summed E-state index contributed by atoms with van der Waals surface area (Å²) in [5, 5.41) is 5.22. The third-order valence-corrected chi connectivity index (χ3v) is 9.50. The summed E-state index contributed by atoms with van der Waals surface area (Å²) >= 11 is 3.11. The molecule has 0 bridgehead atoms. The van der Waals surface area contributed by atoms with Crippen LogP contribution in [0.5, 0.6) is 0 Å². The van der Waals surface area contributed by atoms with E-state index in [-0.39, 0.29) is 16.9 Å². The maximum absolute atomic E-state index is 14.2. The van der Waals surface area contributed by atoms with Crippen LogP contribution in [0.3, 0.4) is 0 Å². The Kier molecular flexibility index (Phi) is 9.19. The predicted molar refractivity (Wildman–Crippen MR) is 180 cm³/mol. The number of carbonyl (C=O) groups is 3. The molecule has 1 aliphatic rings. The number of hydrogen-bond acceptors (Lipinski definition) is 6. The van der Waals surface area contributed by atoms with Crippen LogP contribution in [0, 0.1) is 0 Å². The number of carbonyl (C=O) groups excluding carboxylic acids is 3. The summed E-state index contributed by atoms with van der Waals surface area (Å²) in [6.45, 7) is 2.00. The quantitative estimate of drug-likeness (QED) is 0.125. The average Bonchev–Trinajstić information content (AvgIpc) is 3.59. The molecule has 5 aromatic rings. The zero-order chi connectivity index (χ0) is 31.2. The van der Waals surface area contributed by atoms with Crippen LogP contribution in [0.25, 0.3) is 6.08 Å². The van der Waals surface area contributed by atoms with Gasteiger partial charge >= 0.3 is 0 Å². The second kappa shape index (κ2) is 13.8. The van der Waals surface area contributed by atoms with Crippen LogP contribution in [0.15, 0.2) is 146 Å². The number of amides is 3. The highest BCUT2D eigenvalue weighted by molar-refractivity contribution is 8.00. The summed E-state index contributed by atoms with van der Waals surface area (Å²) in [7, 11) is 0. The molecule has 7 nitrogen and oxygen atoms in total. The minimum atomic E-state index is -0.514. The van der Waals surface area contributed by atoms with Gasteiger partial charge in [-0.25, -0.2) is 0 Å². The molecule has 1 aliphatic heterocycles. The first-order valence-corrected chi connectivity index (χ1v) is 16.1. The Balaban J connectivity index is 1.21. The number of furan rings is 1. The van der Waals surface area contributed by atoms with Crippen molar-refractivity contribution in [3.8, 4) is 0 Å². The lowest BCUT2D eigenvalue weighted by Gasteiger charge is -2.33. The molecule has 1 aromatic heterocycles. The minimum Gasteiger partial charge on any atom is -0.465 e. The van der Waals surface area contributed by atoms with Crippen molar-refractivity contribution in [2.24, 2.45) is 0 Å². The van der Waals surface area contributed by atoms with Gasteiger partial charge in [0, 0.05) is 32.0 Å². The van der Waals surface area contributed by atoms with Crippen LogP contribution in [0.4, 0.5) is 17.1 Å². The molecule has 0 aliphatic carbocycles. The first-order valence-electron chi connectivity index (χ1n) is 14.4. The molecule has 0 saturated heterocycles. The van der Waals surface area contributed by atoms with Crippen molar-refractivity contribution in [3.05, 3.63) is 139 Å². The lowest BCUT2D eigenvalue weighted by molar-refractivity contribution is -0.117. The molecule has 3 amide bonds. The SMILES string of the molecule is CCC(Sc1cccc(NC(=O)/C(=C\c2ccco2)NC(=O)c2ccccc2)c1)C(=O)N1c2ccccc2Sc2ccccc21. The van der Waals surface area contributed by atoms with Crippen molar-refractivity contribution < 1.29 is 18.8 Å². The van der Waals surface area contributed by atoms with Crippen molar-refractivity contribution in [1.29, 1.82) is 0 Å². The lowest BCUT2D eigenvalue weighted by Crippen LogP contribution is -2.35. The van der Waals surface area contributed by atoms with E-state index in [2.05, 4.69) is 10.6 Å². The fourth-order valence-corrected chi connectivity index (χ4v) is 6.97. The second-order valence-corrected chi connectivity index (χ2v) is 12.5. The van der Waals surface area contributed by atoms with Gasteiger partial charge in [0.25, 0.3) is 11.8 Å². The fourth-order valence-electron chi connectivity index (χ4n) is 4.86. The molecular formula is C36H29N3O4S2. The summed E-state index contributed by atoms with van der Waals surface area (Å²) in [5.74, 6) is -0.526. The minimum absolute atomic E-state index is 0.00979. The largest absolute Gasteiger partial charge is 0.465 e. The zero-order valence-electron chi connectivity index (χ0n) is 24.3. The number of para-hydroxylation sites is 2. The molecule has 0 radical (unpaired) electrons. The van der Waals surface area contributed by atoms with Crippen molar-refractivity contribution in [2.45, 2.75) is 33.3 Å². The van der Waals surface area contributed by atoms with Crippen molar-refractivity contribution in [1.82, 2.24) is 5.32 Å². The summed E-state index contributed by atoms with van der Waals surface area (Å²) < 4.78 is 5.39. The Morgan fingerprint density at radius 3 is 2.20 bits per heavy atom. The fraction of sp³-hybridized carbons (Fsp3) is 0.0833. The monoisotopic (exact) mass is 631 g/mol. The van der Waals surface area contributed by atoms with Gasteiger partial charge in [-0.05, 0) is 73.2 Å². The van der Waals surface area contributed by atoms with Gasteiger partial charge < -0.3 is 15.1 Å². The van der Waals surface area contributed by atoms with E-state index < -0.39 is 11.8 Å². The third kappa shape index (κ3) is 6.90. The van der Waals surface area contributed by atoms with E-state index in [4.69, 9.17) is 4.42 Å². The number of nitrogens with zero attached hydrogens (tertiary/aromatic N) is 1. The Morgan fingerprint density at radius 2 is 1.53 bits per heavy atom. The van der Waals surface area contributed by atoms with Gasteiger partial charge in [0.05, 0.1) is 22.9 Å². The van der Waals surface area contributed by atoms with Crippen molar-refractivity contribution >= 4 is 64.4 Å². The molecule has 1 atom stereocenters. The smallest absolute Gasteiger partial charge is 0.272 e. The van der Waals surface area contributed by atoms with Gasteiger partial charge in [-0.2, -0.15) is 0 Å². The summed E-state index contributed by atoms with van der Waals surface area (Å²) in [5.41, 5.74) is 2.72. The van der Waals surface area contributed by atoms with Gasteiger partial charge in [0.1, 0.15) is 11.5 Å². The van der Waals surface area contributed by atoms with Crippen LogP contribution < -0.4 is 15.5 Å². The first-order chi connectivity index (χ1) is 22.0. The van der Waals surface area contributed by atoms with Gasteiger partial charge in [-0.1, -0.05) is 67.2 Å². The molecular weight excluding hydrogens is 603 g/mol. The topological polar surface area (TPSA) is 91.6 Å². The molecule has 2 N–H and O–H groups in total. The highest BCUT2D eigenvalue weighted by atomic mass is 32.2. The normalized spacial score (nSPS) is 12.9. The Labute approximate surface area is 269 Å². The number of fused-ring (bicyclic) bond motifs is 2. The first kappa shape index (κ1) is 30.1. The molecule has 0 spiro atoms. The van der Waals surface area contributed by atoms with Crippen LogP contribution in [-0.2, 0) is 9.59 Å². The van der Waals surface area contributed by atoms with E-state index >= 15 is 0 Å². The highest BCUT2D eigenvalue weighted by Crippen LogP contribution is 2.48. The number of hydrogen-bond donors (Lipinski definition) is 2. The number of rotatable bonds is 9. The molecule has 4 aromatic carbocycles. The Hall–Kier alpha value is -4.99. The molecule has 45 heavy (non-hydrogen) atoms. The molecule has 224 valence electrons. The summed E-state index contributed by atoms with van der Waals surface area (Å²) in [6, 6.07) is 35.3. The van der Waals surface area contributed by atoms with Crippen LogP contribution in [0.1, 0.15) is 29.5 Å². The number of nitrogens with one attached hydrogen (secondary N) is 2. The van der Waals surface area contributed by atoms with E-state index in [0.717, 1.165) is 26.1 Å². The van der Waals surface area contributed by atoms with Gasteiger partial charge in [0.2, 0.25) is 5.91 Å². The predicted octanol–water partition coefficient (Wildman–Crippen LogP) is 8.39. The molecule has 0 saturated carbocycles. The van der Waals surface area contributed by atoms with Gasteiger partial charge in [0.15, 0.2) is 0 Å². The van der Waals surface area contributed by atoms with E-state index in [1.165, 1.54) is 24.1 Å². The van der Waals surface area contributed by atoms with Gasteiger partial charge in [-0.3, -0.25) is 19.3 Å². The summed E-state index contributed by atoms with van der Waals surface area (Å²) in [4.78, 5) is 45.2. The average molecular weight is 632 g/mol. The van der Waals surface area contributed by atoms with E-state index in [1.54, 1.807) is 54.2 Å². The third-order valence-electron chi connectivity index (χ3n) is 7.03. The molecule has 9 heteroatoms.